The zero-order valence-electron chi connectivity index (χ0n) is 11.1. The van der Waals surface area contributed by atoms with Gasteiger partial charge in [-0.1, -0.05) is 13.8 Å². The van der Waals surface area contributed by atoms with Gasteiger partial charge in [0.15, 0.2) is 0 Å². The molecule has 1 unspecified atom stereocenters. The Kier molecular flexibility index (Phi) is 1.42. The molecule has 0 amide bonds. The number of hydrogen-bond acceptors (Lipinski definition) is 1. The van der Waals surface area contributed by atoms with Crippen LogP contribution in [0.5, 0.6) is 0 Å². The van der Waals surface area contributed by atoms with Crippen LogP contribution in [0.15, 0.2) is 0 Å². The van der Waals surface area contributed by atoms with Crippen LogP contribution in [0.25, 0.3) is 0 Å². The van der Waals surface area contributed by atoms with Crippen molar-refractivity contribution < 1.29 is 4.11 Å². The van der Waals surface area contributed by atoms with E-state index in [1.165, 1.54) is 12.8 Å². The van der Waals surface area contributed by atoms with Gasteiger partial charge in [-0.3, -0.25) is 0 Å². The van der Waals surface area contributed by atoms with Gasteiger partial charge in [0.05, 0.1) is 0 Å². The highest BCUT2D eigenvalue weighted by atomic mass is 15.1. The predicted octanol–water partition coefficient (Wildman–Crippen LogP) is 2.23. The SMILES string of the molecule is [2H]C([2H])([2H])N1C[C@H]2CC[C@@H](C1)C2C(C)C. The molecular weight excluding hydrogens is 146 g/mol. The fourth-order valence-corrected chi connectivity index (χ4v) is 3.35. The smallest absolute Gasteiger partial charge is 0.0394 e. The molecule has 0 radical (unpaired) electrons. The van der Waals surface area contributed by atoms with Crippen molar-refractivity contribution in [2.24, 2.45) is 23.7 Å². The zero-order chi connectivity index (χ0) is 11.2. The molecule has 2 fully saturated rings. The van der Waals surface area contributed by atoms with E-state index in [-0.39, 0.29) is 0 Å². The van der Waals surface area contributed by atoms with Gasteiger partial charge in [-0.25, -0.2) is 0 Å². The van der Waals surface area contributed by atoms with E-state index in [1.54, 1.807) is 4.90 Å². The van der Waals surface area contributed by atoms with Gasteiger partial charge < -0.3 is 4.90 Å². The molecule has 2 aliphatic rings. The number of rotatable bonds is 1. The molecule has 2 rings (SSSR count). The van der Waals surface area contributed by atoms with E-state index in [4.69, 9.17) is 4.11 Å². The molecule has 2 bridgehead atoms. The maximum Gasteiger partial charge on any atom is 0.0394 e. The van der Waals surface area contributed by atoms with Crippen molar-refractivity contribution in [3.63, 3.8) is 0 Å². The van der Waals surface area contributed by atoms with Crippen LogP contribution in [-0.4, -0.2) is 25.0 Å². The van der Waals surface area contributed by atoms with E-state index in [1.807, 2.05) is 0 Å². The summed E-state index contributed by atoms with van der Waals surface area (Å²) in [5.74, 6) is 2.73. The topological polar surface area (TPSA) is 3.24 Å². The highest BCUT2D eigenvalue weighted by Gasteiger charge is 2.41. The zero-order valence-corrected chi connectivity index (χ0v) is 8.09. The normalized spacial score (nSPS) is 47.2. The molecule has 0 aromatic rings. The Balaban J connectivity index is 2.08. The third kappa shape index (κ3) is 1.28. The number of nitrogens with zero attached hydrogens (tertiary/aromatic N) is 1. The summed E-state index contributed by atoms with van der Waals surface area (Å²) in [6.45, 7) is 4.26. The summed E-state index contributed by atoms with van der Waals surface area (Å²) in [4.78, 5) is 1.72. The molecule has 0 N–H and O–H groups in total. The predicted molar refractivity (Wildman–Crippen MR) is 52.0 cm³/mol. The van der Waals surface area contributed by atoms with Gasteiger partial charge in [0.2, 0.25) is 0 Å². The molecule has 1 saturated heterocycles. The third-order valence-corrected chi connectivity index (χ3v) is 3.68. The number of fused-ring (bicyclic) bond motifs is 2. The second kappa shape index (κ2) is 3.02. The molecule has 1 nitrogen and oxygen atoms in total. The molecule has 1 saturated carbocycles. The van der Waals surface area contributed by atoms with Crippen LogP contribution in [0.3, 0.4) is 0 Å². The van der Waals surface area contributed by atoms with Crippen LogP contribution in [0.1, 0.15) is 30.8 Å². The first-order valence-corrected chi connectivity index (χ1v) is 5.14. The quantitative estimate of drug-likeness (QED) is 0.583. The van der Waals surface area contributed by atoms with Crippen molar-refractivity contribution in [1.29, 1.82) is 0 Å². The Morgan fingerprint density at radius 1 is 1.25 bits per heavy atom. The van der Waals surface area contributed by atoms with E-state index in [0.717, 1.165) is 19.0 Å². The van der Waals surface area contributed by atoms with E-state index < -0.39 is 6.98 Å². The second-order valence-corrected chi connectivity index (χ2v) is 4.82. The number of piperidine rings is 1. The van der Waals surface area contributed by atoms with Crippen LogP contribution in [0, 0.1) is 23.7 Å². The first-order chi connectivity index (χ1) is 6.89. The summed E-state index contributed by atoms with van der Waals surface area (Å²) in [7, 11) is 0. The molecular formula is C11H21N. The van der Waals surface area contributed by atoms with Gasteiger partial charge in [-0.15, -0.1) is 0 Å². The fraction of sp³-hybridized carbons (Fsp3) is 1.00. The summed E-state index contributed by atoms with van der Waals surface area (Å²) in [6, 6.07) is 0. The Labute approximate surface area is 80.4 Å². The monoisotopic (exact) mass is 170 g/mol. The minimum atomic E-state index is -1.87. The molecule has 0 aromatic carbocycles. The van der Waals surface area contributed by atoms with Crippen LogP contribution in [0.4, 0.5) is 0 Å². The summed E-state index contributed by atoms with van der Waals surface area (Å²) >= 11 is 0. The maximum atomic E-state index is 7.47. The van der Waals surface area contributed by atoms with E-state index in [2.05, 4.69) is 13.8 Å². The lowest BCUT2D eigenvalue weighted by Crippen LogP contribution is -2.41. The number of hydrogen-bond donors (Lipinski definition) is 0. The van der Waals surface area contributed by atoms with Crippen molar-refractivity contribution in [2.75, 3.05) is 20.1 Å². The lowest BCUT2D eigenvalue weighted by Gasteiger charge is -2.38. The standard InChI is InChI=1S/C11H21N/c1-8(2)11-9-4-5-10(11)7-12(3)6-9/h8-11H,4-7H2,1-3H3/t9-,10+,11?/i3D3. The molecule has 1 aliphatic heterocycles. The summed E-state index contributed by atoms with van der Waals surface area (Å²) in [5.41, 5.74) is 0. The lowest BCUT2D eigenvalue weighted by molar-refractivity contribution is 0.100. The Hall–Kier alpha value is -0.0400. The van der Waals surface area contributed by atoms with Crippen molar-refractivity contribution >= 4 is 0 Å². The van der Waals surface area contributed by atoms with Crippen LogP contribution in [0.2, 0.25) is 0 Å². The first-order valence-electron chi connectivity index (χ1n) is 6.64. The molecule has 12 heavy (non-hydrogen) atoms. The van der Waals surface area contributed by atoms with Crippen LogP contribution < -0.4 is 0 Å². The average Bonchev–Trinajstić information content (AvgIpc) is 2.35. The molecule has 1 aliphatic carbocycles. The maximum absolute atomic E-state index is 7.47. The van der Waals surface area contributed by atoms with Crippen molar-refractivity contribution in [3.8, 4) is 0 Å². The number of likely N-dealkylation sites (tertiary alicyclic amines) is 1. The van der Waals surface area contributed by atoms with Crippen molar-refractivity contribution in [1.82, 2.24) is 4.90 Å². The molecule has 70 valence electrons. The Morgan fingerprint density at radius 2 is 1.83 bits per heavy atom. The van der Waals surface area contributed by atoms with Crippen molar-refractivity contribution in [2.45, 2.75) is 26.7 Å². The lowest BCUT2D eigenvalue weighted by atomic mass is 9.78. The first kappa shape index (κ1) is 5.64. The molecule has 1 heteroatoms. The van der Waals surface area contributed by atoms with Crippen LogP contribution >= 0.6 is 0 Å². The highest BCUT2D eigenvalue weighted by Crippen LogP contribution is 2.45. The second-order valence-electron chi connectivity index (χ2n) is 4.82. The Morgan fingerprint density at radius 3 is 2.25 bits per heavy atom. The van der Waals surface area contributed by atoms with E-state index >= 15 is 0 Å². The minimum absolute atomic E-state index is 0.629. The van der Waals surface area contributed by atoms with E-state index in [0.29, 0.717) is 17.8 Å². The minimum Gasteiger partial charge on any atom is -0.306 e. The third-order valence-electron chi connectivity index (χ3n) is 3.68. The molecule has 0 aromatic heterocycles. The summed E-state index contributed by atoms with van der Waals surface area (Å²) in [6.07, 6.45) is 2.47. The molecule has 0 spiro atoms. The molecule has 1 heterocycles. The van der Waals surface area contributed by atoms with Gasteiger partial charge in [0.25, 0.3) is 0 Å². The average molecular weight is 170 g/mol. The van der Waals surface area contributed by atoms with Gasteiger partial charge in [-0.05, 0) is 43.5 Å². The summed E-state index contributed by atoms with van der Waals surface area (Å²) in [5, 5.41) is 0. The summed E-state index contributed by atoms with van der Waals surface area (Å²) < 4.78 is 22.4. The van der Waals surface area contributed by atoms with Gasteiger partial charge in [0, 0.05) is 17.2 Å². The largest absolute Gasteiger partial charge is 0.306 e. The van der Waals surface area contributed by atoms with Gasteiger partial charge >= 0.3 is 0 Å². The van der Waals surface area contributed by atoms with E-state index in [9.17, 15) is 0 Å². The molecule has 3 atom stereocenters. The fourth-order valence-electron chi connectivity index (χ4n) is 3.35. The van der Waals surface area contributed by atoms with Gasteiger partial charge in [0.1, 0.15) is 0 Å². The van der Waals surface area contributed by atoms with Gasteiger partial charge in [-0.2, -0.15) is 0 Å². The highest BCUT2D eigenvalue weighted by molar-refractivity contribution is 4.92. The van der Waals surface area contributed by atoms with Crippen LogP contribution in [-0.2, 0) is 0 Å². The Bertz CT molecular complexity index is 222. The van der Waals surface area contributed by atoms with Crippen molar-refractivity contribution in [3.05, 3.63) is 0 Å².